The number of rotatable bonds is 0. The highest BCUT2D eigenvalue weighted by Crippen LogP contribution is 2.34. The summed E-state index contributed by atoms with van der Waals surface area (Å²) < 4.78 is 0. The smallest absolute Gasteiger partial charge is 0.266 e. The molecule has 1 aliphatic rings. The van der Waals surface area contributed by atoms with Crippen LogP contribution in [0.3, 0.4) is 0 Å². The van der Waals surface area contributed by atoms with Crippen LogP contribution in [0.1, 0.15) is 22.4 Å². The third-order valence-electron chi connectivity index (χ3n) is 3.59. The molecule has 1 aromatic carbocycles. The second-order valence-electron chi connectivity index (χ2n) is 4.58. The van der Waals surface area contributed by atoms with Gasteiger partial charge in [0.25, 0.3) is 5.56 Å². The number of nitriles is 1. The second-order valence-corrected chi connectivity index (χ2v) is 4.58. The Morgan fingerprint density at radius 1 is 1.28 bits per heavy atom. The van der Waals surface area contributed by atoms with Gasteiger partial charge in [-0.1, -0.05) is 24.3 Å². The van der Waals surface area contributed by atoms with Crippen LogP contribution in [-0.2, 0) is 12.8 Å². The molecule has 0 bridgehead atoms. The average molecular weight is 236 g/mol. The molecule has 3 rings (SSSR count). The number of fused-ring (bicyclic) bond motifs is 3. The van der Waals surface area contributed by atoms with E-state index in [1.807, 2.05) is 25.1 Å². The zero-order valence-electron chi connectivity index (χ0n) is 10.1. The number of benzene rings is 1. The van der Waals surface area contributed by atoms with Crippen molar-refractivity contribution in [3.05, 3.63) is 57.0 Å². The number of aryl methyl sites for hydroxylation is 2. The fraction of sp³-hybridized carbons (Fsp3) is 0.200. The Labute approximate surface area is 105 Å². The van der Waals surface area contributed by atoms with Crippen molar-refractivity contribution in [3.8, 4) is 17.2 Å². The summed E-state index contributed by atoms with van der Waals surface area (Å²) in [6, 6.07) is 10.2. The fourth-order valence-electron chi connectivity index (χ4n) is 2.71. The topological polar surface area (TPSA) is 56.6 Å². The van der Waals surface area contributed by atoms with Gasteiger partial charge in [0.15, 0.2) is 0 Å². The van der Waals surface area contributed by atoms with Crippen LogP contribution in [0.4, 0.5) is 0 Å². The maximum Gasteiger partial charge on any atom is 0.266 e. The van der Waals surface area contributed by atoms with Gasteiger partial charge in [-0.15, -0.1) is 0 Å². The summed E-state index contributed by atoms with van der Waals surface area (Å²) in [5.74, 6) is 0. The highest BCUT2D eigenvalue weighted by atomic mass is 16.1. The third-order valence-corrected chi connectivity index (χ3v) is 3.59. The molecule has 0 spiro atoms. The normalized spacial score (nSPS) is 12.4. The van der Waals surface area contributed by atoms with Crippen molar-refractivity contribution in [2.75, 3.05) is 0 Å². The Morgan fingerprint density at radius 3 is 2.83 bits per heavy atom. The summed E-state index contributed by atoms with van der Waals surface area (Å²) >= 11 is 0. The van der Waals surface area contributed by atoms with Crippen LogP contribution < -0.4 is 5.56 Å². The van der Waals surface area contributed by atoms with Crippen molar-refractivity contribution in [1.82, 2.24) is 4.98 Å². The first-order valence-corrected chi connectivity index (χ1v) is 5.96. The van der Waals surface area contributed by atoms with Crippen molar-refractivity contribution >= 4 is 0 Å². The molecule has 1 heterocycles. The largest absolute Gasteiger partial charge is 0.324 e. The SMILES string of the molecule is Cc1c2c([nH]c(=O)c1C#N)CCc1ccccc1-2. The van der Waals surface area contributed by atoms with E-state index in [4.69, 9.17) is 5.26 Å². The predicted molar refractivity (Wildman–Crippen MR) is 69.4 cm³/mol. The lowest BCUT2D eigenvalue weighted by Crippen LogP contribution is -2.19. The summed E-state index contributed by atoms with van der Waals surface area (Å²) in [6.07, 6.45) is 1.76. The van der Waals surface area contributed by atoms with Crippen LogP contribution in [0, 0.1) is 18.3 Å². The molecule has 0 atom stereocenters. The molecule has 88 valence electrons. The van der Waals surface area contributed by atoms with E-state index in [9.17, 15) is 4.79 Å². The van der Waals surface area contributed by atoms with E-state index in [0.717, 1.165) is 35.2 Å². The van der Waals surface area contributed by atoms with Gasteiger partial charge in [0.1, 0.15) is 11.6 Å². The van der Waals surface area contributed by atoms with E-state index in [2.05, 4.69) is 17.1 Å². The Kier molecular flexibility index (Phi) is 2.31. The molecule has 1 aromatic heterocycles. The number of nitrogens with one attached hydrogen (secondary N) is 1. The van der Waals surface area contributed by atoms with E-state index in [-0.39, 0.29) is 11.1 Å². The molecule has 0 saturated heterocycles. The Morgan fingerprint density at radius 2 is 2.06 bits per heavy atom. The first-order chi connectivity index (χ1) is 8.72. The minimum atomic E-state index is -0.270. The minimum Gasteiger partial charge on any atom is -0.324 e. The fourth-order valence-corrected chi connectivity index (χ4v) is 2.71. The predicted octanol–water partition coefficient (Wildman–Crippen LogP) is 2.32. The molecular weight excluding hydrogens is 224 g/mol. The van der Waals surface area contributed by atoms with Gasteiger partial charge >= 0.3 is 0 Å². The highest BCUT2D eigenvalue weighted by molar-refractivity contribution is 5.76. The van der Waals surface area contributed by atoms with Gasteiger partial charge < -0.3 is 4.98 Å². The summed E-state index contributed by atoms with van der Waals surface area (Å²) in [6.45, 7) is 1.86. The minimum absolute atomic E-state index is 0.227. The van der Waals surface area contributed by atoms with E-state index < -0.39 is 0 Å². The van der Waals surface area contributed by atoms with E-state index in [0.29, 0.717) is 0 Å². The van der Waals surface area contributed by atoms with Crippen LogP contribution in [0.25, 0.3) is 11.1 Å². The molecule has 18 heavy (non-hydrogen) atoms. The molecule has 0 unspecified atom stereocenters. The van der Waals surface area contributed by atoms with E-state index in [1.165, 1.54) is 5.56 Å². The standard InChI is InChI=1S/C15H12N2O/c1-9-12(8-16)15(18)17-13-7-6-10-4-2-3-5-11(10)14(9)13/h2-5H,6-7H2,1H3,(H,17,18). The lowest BCUT2D eigenvalue weighted by molar-refractivity contribution is 0.881. The van der Waals surface area contributed by atoms with Gasteiger partial charge in [-0.2, -0.15) is 5.26 Å². The highest BCUT2D eigenvalue weighted by Gasteiger charge is 2.21. The Bertz CT molecular complexity index is 735. The van der Waals surface area contributed by atoms with E-state index in [1.54, 1.807) is 0 Å². The van der Waals surface area contributed by atoms with Crippen LogP contribution in [0.2, 0.25) is 0 Å². The molecule has 0 radical (unpaired) electrons. The van der Waals surface area contributed by atoms with Crippen LogP contribution in [-0.4, -0.2) is 4.98 Å². The molecular formula is C15H12N2O. The summed E-state index contributed by atoms with van der Waals surface area (Å²) in [5, 5.41) is 9.08. The zero-order chi connectivity index (χ0) is 12.7. The van der Waals surface area contributed by atoms with Crippen molar-refractivity contribution in [3.63, 3.8) is 0 Å². The first-order valence-electron chi connectivity index (χ1n) is 5.96. The quantitative estimate of drug-likeness (QED) is 0.763. The number of hydrogen-bond donors (Lipinski definition) is 1. The summed E-state index contributed by atoms with van der Waals surface area (Å²) in [4.78, 5) is 14.6. The molecule has 2 aromatic rings. The number of hydrogen-bond acceptors (Lipinski definition) is 2. The molecule has 1 aliphatic carbocycles. The lowest BCUT2D eigenvalue weighted by Gasteiger charge is -2.21. The Hall–Kier alpha value is -2.34. The van der Waals surface area contributed by atoms with Crippen LogP contribution in [0.5, 0.6) is 0 Å². The Balaban J connectivity index is 2.41. The lowest BCUT2D eigenvalue weighted by atomic mass is 9.85. The second kappa shape index (κ2) is 3.85. The molecule has 0 amide bonds. The van der Waals surface area contributed by atoms with Gasteiger partial charge in [0.2, 0.25) is 0 Å². The number of pyridine rings is 1. The molecule has 0 fully saturated rings. The average Bonchev–Trinajstić information content (AvgIpc) is 2.38. The molecule has 0 aliphatic heterocycles. The van der Waals surface area contributed by atoms with Gasteiger partial charge in [-0.3, -0.25) is 4.79 Å². The van der Waals surface area contributed by atoms with Gasteiger partial charge in [0, 0.05) is 11.3 Å². The van der Waals surface area contributed by atoms with Crippen molar-refractivity contribution in [2.24, 2.45) is 0 Å². The first kappa shape index (κ1) is 10.8. The van der Waals surface area contributed by atoms with Gasteiger partial charge in [-0.05, 0) is 36.5 Å². The van der Waals surface area contributed by atoms with Crippen LogP contribution in [0.15, 0.2) is 29.1 Å². The number of nitrogens with zero attached hydrogens (tertiary/aromatic N) is 1. The maximum atomic E-state index is 11.8. The van der Waals surface area contributed by atoms with Crippen molar-refractivity contribution < 1.29 is 0 Å². The maximum absolute atomic E-state index is 11.8. The summed E-state index contributed by atoms with van der Waals surface area (Å²) in [7, 11) is 0. The number of aromatic nitrogens is 1. The van der Waals surface area contributed by atoms with Crippen molar-refractivity contribution in [1.29, 1.82) is 5.26 Å². The molecule has 0 saturated carbocycles. The summed E-state index contributed by atoms with van der Waals surface area (Å²) in [5.41, 5.74) is 5.17. The molecule has 1 N–H and O–H groups in total. The molecule has 3 nitrogen and oxygen atoms in total. The van der Waals surface area contributed by atoms with E-state index >= 15 is 0 Å². The third kappa shape index (κ3) is 1.39. The molecule has 3 heteroatoms. The van der Waals surface area contributed by atoms with Gasteiger partial charge in [0.05, 0.1) is 0 Å². The monoisotopic (exact) mass is 236 g/mol. The van der Waals surface area contributed by atoms with Crippen LogP contribution >= 0.6 is 0 Å². The van der Waals surface area contributed by atoms with Gasteiger partial charge in [-0.25, -0.2) is 0 Å². The number of H-pyrrole nitrogens is 1. The number of aromatic amines is 1. The van der Waals surface area contributed by atoms with Crippen molar-refractivity contribution in [2.45, 2.75) is 19.8 Å². The zero-order valence-corrected chi connectivity index (χ0v) is 10.1.